The number of rotatable bonds is 7. The summed E-state index contributed by atoms with van der Waals surface area (Å²) in [5.74, 6) is 0.471. The number of carbonyl (C=O) groups is 1. The van der Waals surface area contributed by atoms with Gasteiger partial charge in [-0.05, 0) is 68.2 Å². The fraction of sp³-hybridized carbons (Fsp3) is 0.381. The number of ether oxygens (including phenoxy) is 1. The monoisotopic (exact) mass is 417 g/mol. The number of likely N-dealkylation sites (tertiary alicyclic amines) is 1. The molecule has 0 unspecified atom stereocenters. The van der Waals surface area contributed by atoms with Crippen molar-refractivity contribution in [1.29, 1.82) is 0 Å². The van der Waals surface area contributed by atoms with Crippen molar-refractivity contribution in [2.75, 3.05) is 26.7 Å². The summed E-state index contributed by atoms with van der Waals surface area (Å²) in [6.45, 7) is 4.15. The van der Waals surface area contributed by atoms with Crippen LogP contribution in [0.1, 0.15) is 40.4 Å². The summed E-state index contributed by atoms with van der Waals surface area (Å²) in [5, 5.41) is 8.18. The third-order valence-corrected chi connectivity index (χ3v) is 6.23. The van der Waals surface area contributed by atoms with Crippen molar-refractivity contribution in [1.82, 2.24) is 10.2 Å². The summed E-state index contributed by atoms with van der Waals surface area (Å²) in [7, 11) is -2.24. The predicted octanol–water partition coefficient (Wildman–Crippen LogP) is 2.22. The molecule has 0 bridgehead atoms. The van der Waals surface area contributed by atoms with Gasteiger partial charge in [-0.25, -0.2) is 13.6 Å². The number of hydrogen-bond acceptors (Lipinski definition) is 5. The van der Waals surface area contributed by atoms with Crippen LogP contribution in [0.5, 0.6) is 5.75 Å². The molecule has 0 radical (unpaired) electrons. The van der Waals surface area contributed by atoms with E-state index in [1.54, 1.807) is 20.1 Å². The third-order valence-electron chi connectivity index (χ3n) is 5.32. The second-order valence-electron chi connectivity index (χ2n) is 7.26. The number of methoxy groups -OCH3 is 1. The molecule has 1 heterocycles. The van der Waals surface area contributed by atoms with Crippen LogP contribution in [0.3, 0.4) is 0 Å². The summed E-state index contributed by atoms with van der Waals surface area (Å²) in [6.07, 6.45) is 2.27. The maximum absolute atomic E-state index is 12.8. The van der Waals surface area contributed by atoms with Gasteiger partial charge in [0.15, 0.2) is 0 Å². The fourth-order valence-corrected chi connectivity index (χ4v) is 4.18. The van der Waals surface area contributed by atoms with Crippen LogP contribution >= 0.6 is 0 Å². The lowest BCUT2D eigenvalue weighted by Crippen LogP contribution is -2.37. The second kappa shape index (κ2) is 8.94. The van der Waals surface area contributed by atoms with Crippen molar-refractivity contribution in [2.24, 2.45) is 5.14 Å². The van der Waals surface area contributed by atoms with Crippen LogP contribution in [0.25, 0.3) is 0 Å². The highest BCUT2D eigenvalue weighted by atomic mass is 32.2. The van der Waals surface area contributed by atoms with Gasteiger partial charge < -0.3 is 10.1 Å². The lowest BCUT2D eigenvalue weighted by molar-refractivity contribution is 0.0937. The Balaban J connectivity index is 1.79. The topological polar surface area (TPSA) is 102 Å². The lowest BCUT2D eigenvalue weighted by atomic mass is 10.0. The maximum atomic E-state index is 12.8. The molecule has 3 rings (SSSR count). The van der Waals surface area contributed by atoms with Crippen LogP contribution in [-0.2, 0) is 10.0 Å². The smallest absolute Gasteiger partial charge is 0.251 e. The molecule has 2 aromatic carbocycles. The quantitative estimate of drug-likeness (QED) is 0.719. The average Bonchev–Trinajstić information content (AvgIpc) is 3.22. The highest BCUT2D eigenvalue weighted by Gasteiger charge is 2.24. The Morgan fingerprint density at radius 2 is 1.83 bits per heavy atom. The zero-order valence-corrected chi connectivity index (χ0v) is 17.5. The summed E-state index contributed by atoms with van der Waals surface area (Å²) in [5.41, 5.74) is 2.10. The average molecular weight is 418 g/mol. The van der Waals surface area contributed by atoms with Gasteiger partial charge in [-0.1, -0.05) is 18.2 Å². The normalized spacial score (nSPS) is 15.8. The van der Waals surface area contributed by atoms with E-state index in [1.807, 2.05) is 24.3 Å². The number of nitrogens with one attached hydrogen (secondary N) is 1. The molecular weight excluding hydrogens is 390 g/mol. The predicted molar refractivity (Wildman–Crippen MR) is 111 cm³/mol. The van der Waals surface area contributed by atoms with E-state index in [4.69, 9.17) is 9.88 Å². The molecule has 0 aliphatic carbocycles. The number of benzene rings is 2. The Morgan fingerprint density at radius 1 is 1.17 bits per heavy atom. The number of aryl methyl sites for hydroxylation is 1. The summed E-state index contributed by atoms with van der Waals surface area (Å²) in [6, 6.07) is 12.2. The van der Waals surface area contributed by atoms with Crippen LogP contribution in [0.15, 0.2) is 47.4 Å². The largest absolute Gasteiger partial charge is 0.497 e. The van der Waals surface area contributed by atoms with E-state index < -0.39 is 10.0 Å². The van der Waals surface area contributed by atoms with Crippen LogP contribution in [-0.4, -0.2) is 46.0 Å². The minimum atomic E-state index is -3.87. The van der Waals surface area contributed by atoms with E-state index in [0.29, 0.717) is 17.7 Å². The molecule has 7 nitrogen and oxygen atoms in total. The number of nitrogens with two attached hydrogens (primary N) is 1. The van der Waals surface area contributed by atoms with Crippen molar-refractivity contribution in [3.8, 4) is 5.75 Å². The van der Waals surface area contributed by atoms with Crippen molar-refractivity contribution < 1.29 is 17.9 Å². The molecule has 156 valence electrons. The van der Waals surface area contributed by atoms with Gasteiger partial charge in [0.05, 0.1) is 18.0 Å². The zero-order valence-electron chi connectivity index (χ0n) is 16.7. The maximum Gasteiger partial charge on any atom is 0.251 e. The van der Waals surface area contributed by atoms with E-state index in [9.17, 15) is 13.2 Å². The van der Waals surface area contributed by atoms with Crippen molar-refractivity contribution in [3.63, 3.8) is 0 Å². The first-order valence-corrected chi connectivity index (χ1v) is 11.1. The van der Waals surface area contributed by atoms with E-state index in [2.05, 4.69) is 10.2 Å². The highest BCUT2D eigenvalue weighted by molar-refractivity contribution is 7.89. The van der Waals surface area contributed by atoms with Gasteiger partial charge in [0, 0.05) is 12.1 Å². The van der Waals surface area contributed by atoms with Gasteiger partial charge >= 0.3 is 0 Å². The molecule has 1 aliphatic heterocycles. The van der Waals surface area contributed by atoms with Crippen LogP contribution in [0.2, 0.25) is 0 Å². The Hall–Kier alpha value is -2.42. The van der Waals surface area contributed by atoms with Gasteiger partial charge in [-0.15, -0.1) is 0 Å². The van der Waals surface area contributed by atoms with Crippen molar-refractivity contribution in [2.45, 2.75) is 30.7 Å². The molecule has 1 fully saturated rings. The Bertz CT molecular complexity index is 968. The van der Waals surface area contributed by atoms with Gasteiger partial charge in [-0.2, -0.15) is 0 Å². The van der Waals surface area contributed by atoms with Gasteiger partial charge in [0.25, 0.3) is 5.91 Å². The van der Waals surface area contributed by atoms with Crippen molar-refractivity contribution in [3.05, 3.63) is 59.2 Å². The molecule has 0 saturated carbocycles. The van der Waals surface area contributed by atoms with E-state index in [0.717, 1.165) is 37.2 Å². The molecule has 0 spiro atoms. The van der Waals surface area contributed by atoms with Crippen LogP contribution < -0.4 is 15.2 Å². The van der Waals surface area contributed by atoms with E-state index in [-0.39, 0.29) is 16.8 Å². The molecular formula is C21H27N3O4S. The molecule has 0 aromatic heterocycles. The molecule has 29 heavy (non-hydrogen) atoms. The molecule has 3 N–H and O–H groups in total. The Labute approximate surface area is 171 Å². The molecule has 2 aromatic rings. The number of sulfonamides is 1. The van der Waals surface area contributed by atoms with E-state index in [1.165, 1.54) is 12.1 Å². The molecule has 1 saturated heterocycles. The SMILES string of the molecule is COc1ccc([C@H](CNC(=O)c2cc(S(N)(=O)=O)ccc2C)N2CCCC2)cc1. The minimum absolute atomic E-state index is 0.0362. The Morgan fingerprint density at radius 3 is 2.41 bits per heavy atom. The number of primary sulfonamides is 1. The third kappa shape index (κ3) is 5.14. The first-order valence-electron chi connectivity index (χ1n) is 9.59. The second-order valence-corrected chi connectivity index (χ2v) is 8.83. The fourth-order valence-electron chi connectivity index (χ4n) is 3.64. The van der Waals surface area contributed by atoms with Crippen molar-refractivity contribution >= 4 is 15.9 Å². The first-order chi connectivity index (χ1) is 13.8. The Kier molecular flexibility index (Phi) is 6.56. The molecule has 1 aliphatic rings. The highest BCUT2D eigenvalue weighted by Crippen LogP contribution is 2.26. The summed E-state index contributed by atoms with van der Waals surface area (Å²) < 4.78 is 28.5. The number of amides is 1. The number of carbonyl (C=O) groups excluding carboxylic acids is 1. The summed E-state index contributed by atoms with van der Waals surface area (Å²) >= 11 is 0. The van der Waals surface area contributed by atoms with Gasteiger partial charge in [0.1, 0.15) is 5.75 Å². The molecule has 8 heteroatoms. The van der Waals surface area contributed by atoms with Crippen LogP contribution in [0, 0.1) is 6.92 Å². The minimum Gasteiger partial charge on any atom is -0.497 e. The molecule has 1 amide bonds. The summed E-state index contributed by atoms with van der Waals surface area (Å²) in [4.78, 5) is 15.1. The number of nitrogens with zero attached hydrogens (tertiary/aromatic N) is 1. The van der Waals surface area contributed by atoms with Gasteiger partial charge in [0.2, 0.25) is 10.0 Å². The first kappa shape index (κ1) is 21.3. The van der Waals surface area contributed by atoms with Gasteiger partial charge in [-0.3, -0.25) is 9.69 Å². The van der Waals surface area contributed by atoms with Crippen LogP contribution in [0.4, 0.5) is 0 Å². The number of hydrogen-bond donors (Lipinski definition) is 2. The molecule has 1 atom stereocenters. The zero-order chi connectivity index (χ0) is 21.0. The standard InChI is InChI=1S/C21H27N3O4S/c1-15-5-10-18(29(22,26)27)13-19(15)21(25)23-14-20(24-11-3-4-12-24)16-6-8-17(28-2)9-7-16/h5-10,13,20H,3-4,11-12,14H2,1-2H3,(H,23,25)(H2,22,26,27)/t20-/m0/s1. The lowest BCUT2D eigenvalue weighted by Gasteiger charge is -2.28. The van der Waals surface area contributed by atoms with E-state index >= 15 is 0 Å².